The van der Waals surface area contributed by atoms with Gasteiger partial charge in [0.2, 0.25) is 0 Å². The number of hydrogen-bond donors (Lipinski definition) is 1. The van der Waals surface area contributed by atoms with Crippen LogP contribution in [0.25, 0.3) is 0 Å². The monoisotopic (exact) mass is 247 g/mol. The number of benzene rings is 1. The van der Waals surface area contributed by atoms with Crippen molar-refractivity contribution < 1.29 is 4.39 Å². The van der Waals surface area contributed by atoms with Crippen LogP contribution in [0.2, 0.25) is 0 Å². The minimum absolute atomic E-state index is 0.211. The van der Waals surface area contributed by atoms with Gasteiger partial charge in [-0.25, -0.2) is 4.39 Å². The zero-order chi connectivity index (χ0) is 13.1. The predicted molar refractivity (Wildman–Crippen MR) is 71.0 cm³/mol. The van der Waals surface area contributed by atoms with Crippen molar-refractivity contribution in [3.8, 4) is 0 Å². The Morgan fingerprint density at radius 3 is 2.67 bits per heavy atom. The van der Waals surface area contributed by atoms with Crippen molar-refractivity contribution in [2.75, 3.05) is 5.32 Å². The Balaban J connectivity index is 2.08. The lowest BCUT2D eigenvalue weighted by molar-refractivity contribution is 0.627. The van der Waals surface area contributed by atoms with E-state index in [2.05, 4.69) is 23.4 Å². The van der Waals surface area contributed by atoms with Gasteiger partial charge < -0.3 is 5.32 Å². The minimum atomic E-state index is -0.211. The number of nitrogens with zero attached hydrogens (tertiary/aromatic N) is 2. The van der Waals surface area contributed by atoms with E-state index in [1.165, 1.54) is 12.1 Å². The summed E-state index contributed by atoms with van der Waals surface area (Å²) in [4.78, 5) is 0. The zero-order valence-electron chi connectivity index (χ0n) is 11.0. The molecule has 0 aliphatic heterocycles. The molecule has 0 radical (unpaired) electrons. The van der Waals surface area contributed by atoms with Crippen molar-refractivity contribution in [3.05, 3.63) is 47.0 Å². The fourth-order valence-corrected chi connectivity index (χ4v) is 1.94. The van der Waals surface area contributed by atoms with E-state index in [-0.39, 0.29) is 5.82 Å². The van der Waals surface area contributed by atoms with Gasteiger partial charge in [-0.05, 0) is 43.2 Å². The molecule has 96 valence electrons. The molecule has 0 saturated carbocycles. The van der Waals surface area contributed by atoms with Crippen molar-refractivity contribution in [1.29, 1.82) is 0 Å². The Bertz CT molecular complexity index is 526. The van der Waals surface area contributed by atoms with Gasteiger partial charge in [-0.2, -0.15) is 5.10 Å². The number of halogens is 1. The molecule has 18 heavy (non-hydrogen) atoms. The minimum Gasteiger partial charge on any atom is -0.379 e. The number of aromatic nitrogens is 2. The largest absolute Gasteiger partial charge is 0.379 e. The van der Waals surface area contributed by atoms with Crippen LogP contribution in [0.1, 0.15) is 23.9 Å². The number of anilines is 1. The molecule has 0 amide bonds. The molecule has 2 rings (SSSR count). The Morgan fingerprint density at radius 2 is 2.06 bits per heavy atom. The molecule has 1 heterocycles. The van der Waals surface area contributed by atoms with E-state index < -0.39 is 0 Å². The number of rotatable bonds is 4. The van der Waals surface area contributed by atoms with Crippen molar-refractivity contribution in [2.24, 2.45) is 7.05 Å². The third-order valence-electron chi connectivity index (χ3n) is 2.91. The number of nitrogens with one attached hydrogen (secondary N) is 1. The van der Waals surface area contributed by atoms with Crippen molar-refractivity contribution in [2.45, 2.75) is 26.8 Å². The molecule has 0 saturated heterocycles. The van der Waals surface area contributed by atoms with Crippen LogP contribution >= 0.6 is 0 Å². The second-order valence-electron chi connectivity index (χ2n) is 4.47. The summed E-state index contributed by atoms with van der Waals surface area (Å²) >= 11 is 0. The molecule has 1 aromatic carbocycles. The molecule has 4 heteroatoms. The molecular formula is C14H18FN3. The van der Waals surface area contributed by atoms with Crippen LogP contribution in [-0.4, -0.2) is 9.78 Å². The van der Waals surface area contributed by atoms with Gasteiger partial charge >= 0.3 is 0 Å². The molecule has 0 bridgehead atoms. The van der Waals surface area contributed by atoms with Crippen molar-refractivity contribution >= 4 is 5.69 Å². The van der Waals surface area contributed by atoms with Crippen molar-refractivity contribution in [1.82, 2.24) is 9.78 Å². The summed E-state index contributed by atoms with van der Waals surface area (Å²) in [6, 6.07) is 7.02. The Morgan fingerprint density at radius 1 is 1.28 bits per heavy atom. The van der Waals surface area contributed by atoms with E-state index >= 15 is 0 Å². The third kappa shape index (κ3) is 2.88. The quantitative estimate of drug-likeness (QED) is 0.900. The van der Waals surface area contributed by atoms with E-state index in [4.69, 9.17) is 0 Å². The van der Waals surface area contributed by atoms with Gasteiger partial charge in [-0.1, -0.05) is 6.92 Å². The lowest BCUT2D eigenvalue weighted by Crippen LogP contribution is -2.05. The van der Waals surface area contributed by atoms with E-state index in [0.717, 1.165) is 29.1 Å². The summed E-state index contributed by atoms with van der Waals surface area (Å²) in [5, 5.41) is 7.60. The lowest BCUT2D eigenvalue weighted by atomic mass is 10.2. The highest BCUT2D eigenvalue weighted by Crippen LogP contribution is 2.14. The maximum atomic E-state index is 13.2. The van der Waals surface area contributed by atoms with Crippen LogP contribution in [0, 0.1) is 12.7 Å². The molecular weight excluding hydrogens is 229 g/mol. The first-order valence-electron chi connectivity index (χ1n) is 6.11. The highest BCUT2D eigenvalue weighted by Gasteiger charge is 2.04. The van der Waals surface area contributed by atoms with Gasteiger partial charge in [0.1, 0.15) is 5.82 Å². The zero-order valence-corrected chi connectivity index (χ0v) is 11.0. The molecule has 0 spiro atoms. The van der Waals surface area contributed by atoms with Gasteiger partial charge in [0.15, 0.2) is 0 Å². The van der Waals surface area contributed by atoms with Crippen molar-refractivity contribution in [3.63, 3.8) is 0 Å². The van der Waals surface area contributed by atoms with E-state index in [9.17, 15) is 4.39 Å². The number of aryl methyl sites for hydroxylation is 3. The van der Waals surface area contributed by atoms with Gasteiger partial charge in [0.05, 0.1) is 17.9 Å². The Kier molecular flexibility index (Phi) is 3.65. The fraction of sp³-hybridized carbons (Fsp3) is 0.357. The maximum Gasteiger partial charge on any atom is 0.125 e. The van der Waals surface area contributed by atoms with Gasteiger partial charge in [0.25, 0.3) is 0 Å². The standard InChI is InChI=1S/C14H18FN3/c1-4-12-8-14(18(3)17-12)9-16-13-6-10(2)5-11(15)7-13/h5-8,16H,4,9H2,1-3H3. The first kappa shape index (κ1) is 12.6. The molecule has 0 aliphatic carbocycles. The molecule has 0 fully saturated rings. The molecule has 1 N–H and O–H groups in total. The first-order valence-corrected chi connectivity index (χ1v) is 6.11. The summed E-state index contributed by atoms with van der Waals surface area (Å²) in [5.74, 6) is -0.211. The third-order valence-corrected chi connectivity index (χ3v) is 2.91. The summed E-state index contributed by atoms with van der Waals surface area (Å²) in [6.07, 6.45) is 0.924. The highest BCUT2D eigenvalue weighted by atomic mass is 19.1. The van der Waals surface area contributed by atoms with Crippen LogP contribution in [0.3, 0.4) is 0 Å². The van der Waals surface area contributed by atoms with E-state index in [1.807, 2.05) is 24.7 Å². The molecule has 1 aromatic heterocycles. The van der Waals surface area contributed by atoms with Gasteiger partial charge in [-0.15, -0.1) is 0 Å². The maximum absolute atomic E-state index is 13.2. The van der Waals surface area contributed by atoms with E-state index in [0.29, 0.717) is 6.54 Å². The van der Waals surface area contributed by atoms with Crippen LogP contribution in [-0.2, 0) is 20.0 Å². The predicted octanol–water partition coefficient (Wildman–Crippen LogP) is 3.04. The van der Waals surface area contributed by atoms with Crippen LogP contribution in [0.15, 0.2) is 24.3 Å². The SMILES string of the molecule is CCc1cc(CNc2cc(C)cc(F)c2)n(C)n1. The Hall–Kier alpha value is -1.84. The van der Waals surface area contributed by atoms with Gasteiger partial charge in [0, 0.05) is 12.7 Å². The molecule has 2 aromatic rings. The fourth-order valence-electron chi connectivity index (χ4n) is 1.94. The molecule has 3 nitrogen and oxygen atoms in total. The lowest BCUT2D eigenvalue weighted by Gasteiger charge is -2.07. The van der Waals surface area contributed by atoms with Crippen LogP contribution in [0.5, 0.6) is 0 Å². The summed E-state index contributed by atoms with van der Waals surface area (Å²) < 4.78 is 15.1. The average molecular weight is 247 g/mol. The summed E-state index contributed by atoms with van der Waals surface area (Å²) in [5.41, 5.74) is 3.88. The first-order chi connectivity index (χ1) is 8.58. The second-order valence-corrected chi connectivity index (χ2v) is 4.47. The van der Waals surface area contributed by atoms with Crippen LogP contribution in [0.4, 0.5) is 10.1 Å². The smallest absolute Gasteiger partial charge is 0.125 e. The molecule has 0 unspecified atom stereocenters. The molecule has 0 atom stereocenters. The van der Waals surface area contributed by atoms with Gasteiger partial charge in [-0.3, -0.25) is 4.68 Å². The summed E-state index contributed by atoms with van der Waals surface area (Å²) in [6.45, 7) is 4.61. The summed E-state index contributed by atoms with van der Waals surface area (Å²) in [7, 11) is 1.92. The Labute approximate surface area is 107 Å². The second kappa shape index (κ2) is 5.21. The topological polar surface area (TPSA) is 29.9 Å². The number of hydrogen-bond acceptors (Lipinski definition) is 2. The normalized spacial score (nSPS) is 10.7. The molecule has 0 aliphatic rings. The van der Waals surface area contributed by atoms with E-state index in [1.54, 1.807) is 0 Å². The highest BCUT2D eigenvalue weighted by molar-refractivity contribution is 5.46. The van der Waals surface area contributed by atoms with Crippen LogP contribution < -0.4 is 5.32 Å². The average Bonchev–Trinajstić information content (AvgIpc) is 2.66.